The topological polar surface area (TPSA) is 97.2 Å². The molecular weight excluding hydrogens is 294 g/mol. The minimum atomic E-state index is -4.05. The highest BCUT2D eigenvalue weighted by Crippen LogP contribution is 2.27. The molecule has 0 spiro atoms. The molecule has 0 aliphatic rings. The van der Waals surface area contributed by atoms with Crippen molar-refractivity contribution in [2.75, 3.05) is 5.75 Å². The molecular formula is C11H8F2N2O4S. The van der Waals surface area contributed by atoms with Crippen molar-refractivity contribution in [2.24, 2.45) is 0 Å². The van der Waals surface area contributed by atoms with Crippen molar-refractivity contribution in [1.29, 1.82) is 0 Å². The van der Waals surface area contributed by atoms with E-state index < -0.39 is 54.7 Å². The van der Waals surface area contributed by atoms with E-state index in [0.717, 1.165) is 6.07 Å². The molecule has 0 saturated heterocycles. The Morgan fingerprint density at radius 1 is 1.30 bits per heavy atom. The molecule has 9 heteroatoms. The first-order valence-corrected chi connectivity index (χ1v) is 7.04. The number of benzene rings is 1. The first-order valence-electron chi connectivity index (χ1n) is 5.39. The zero-order valence-electron chi connectivity index (χ0n) is 10.1. The van der Waals surface area contributed by atoms with Crippen LogP contribution in [0.1, 0.15) is 17.4 Å². The van der Waals surface area contributed by atoms with Crippen molar-refractivity contribution < 1.29 is 27.1 Å². The summed E-state index contributed by atoms with van der Waals surface area (Å²) in [5, 5.41) is 15.1. The third-order valence-corrected chi connectivity index (χ3v) is 4.43. The van der Waals surface area contributed by atoms with E-state index in [9.17, 15) is 22.0 Å². The zero-order chi connectivity index (χ0) is 15.1. The van der Waals surface area contributed by atoms with Gasteiger partial charge in [-0.2, -0.15) is 0 Å². The van der Waals surface area contributed by atoms with Gasteiger partial charge in [0, 0.05) is 11.5 Å². The lowest BCUT2D eigenvalue weighted by Gasteiger charge is -2.09. The standard InChI is InChI=1S/C11H8F2N2O4S/c1-2-20(18,19)10-6-3-5(12)4-7(13)8(6)14-15-9(10)11(16)17/h3-4H,2H2,1H3,(H,16,17). The molecule has 0 atom stereocenters. The lowest BCUT2D eigenvalue weighted by Crippen LogP contribution is -2.15. The fourth-order valence-electron chi connectivity index (χ4n) is 1.71. The van der Waals surface area contributed by atoms with Crippen molar-refractivity contribution in [3.8, 4) is 0 Å². The molecule has 1 aromatic heterocycles. The third-order valence-electron chi connectivity index (χ3n) is 2.63. The highest BCUT2D eigenvalue weighted by Gasteiger charge is 2.27. The number of rotatable bonds is 3. The van der Waals surface area contributed by atoms with Crippen LogP contribution >= 0.6 is 0 Å². The van der Waals surface area contributed by atoms with Crippen molar-refractivity contribution in [3.05, 3.63) is 29.5 Å². The number of carbonyl (C=O) groups is 1. The van der Waals surface area contributed by atoms with Gasteiger partial charge in [0.05, 0.1) is 5.75 Å². The Morgan fingerprint density at radius 3 is 2.50 bits per heavy atom. The summed E-state index contributed by atoms with van der Waals surface area (Å²) in [4.78, 5) is 10.3. The summed E-state index contributed by atoms with van der Waals surface area (Å²) in [5.74, 6) is -4.23. The molecule has 106 valence electrons. The molecule has 2 rings (SSSR count). The van der Waals surface area contributed by atoms with Gasteiger partial charge >= 0.3 is 5.97 Å². The molecule has 1 aromatic carbocycles. The van der Waals surface area contributed by atoms with E-state index in [1.54, 1.807) is 0 Å². The lowest BCUT2D eigenvalue weighted by molar-refractivity contribution is 0.0685. The second-order valence-corrected chi connectivity index (χ2v) is 6.09. The van der Waals surface area contributed by atoms with Gasteiger partial charge in [-0.3, -0.25) is 0 Å². The van der Waals surface area contributed by atoms with E-state index in [1.165, 1.54) is 6.92 Å². The molecule has 0 aliphatic heterocycles. The van der Waals surface area contributed by atoms with Crippen LogP contribution in [0.5, 0.6) is 0 Å². The minimum Gasteiger partial charge on any atom is -0.476 e. The number of halogens is 2. The Hall–Kier alpha value is -2.16. The molecule has 1 N–H and O–H groups in total. The maximum absolute atomic E-state index is 13.6. The zero-order valence-corrected chi connectivity index (χ0v) is 10.9. The molecule has 2 aromatic rings. The van der Waals surface area contributed by atoms with Crippen molar-refractivity contribution in [3.63, 3.8) is 0 Å². The summed E-state index contributed by atoms with van der Waals surface area (Å²) in [6.07, 6.45) is 0. The molecule has 0 amide bonds. The van der Waals surface area contributed by atoms with Crippen LogP contribution in [0.2, 0.25) is 0 Å². The van der Waals surface area contributed by atoms with Gasteiger partial charge in [-0.15, -0.1) is 10.2 Å². The smallest absolute Gasteiger partial charge is 0.357 e. The van der Waals surface area contributed by atoms with E-state index in [2.05, 4.69) is 10.2 Å². The Kier molecular flexibility index (Phi) is 3.38. The summed E-state index contributed by atoms with van der Waals surface area (Å²) >= 11 is 0. The molecule has 1 heterocycles. The summed E-state index contributed by atoms with van der Waals surface area (Å²) in [7, 11) is -4.05. The summed E-state index contributed by atoms with van der Waals surface area (Å²) in [6, 6.07) is 1.24. The highest BCUT2D eigenvalue weighted by atomic mass is 32.2. The van der Waals surface area contributed by atoms with E-state index in [1.807, 2.05) is 0 Å². The van der Waals surface area contributed by atoms with E-state index in [4.69, 9.17) is 5.11 Å². The highest BCUT2D eigenvalue weighted by molar-refractivity contribution is 7.91. The maximum atomic E-state index is 13.6. The van der Waals surface area contributed by atoms with Crippen LogP contribution in [0, 0.1) is 11.6 Å². The van der Waals surface area contributed by atoms with Crippen LogP contribution < -0.4 is 0 Å². The predicted octanol–water partition coefficient (Wildman–Crippen LogP) is 1.40. The predicted molar refractivity (Wildman–Crippen MR) is 64.1 cm³/mol. The van der Waals surface area contributed by atoms with Crippen LogP contribution in [0.3, 0.4) is 0 Å². The maximum Gasteiger partial charge on any atom is 0.357 e. The third kappa shape index (κ3) is 2.20. The first kappa shape index (κ1) is 14.3. The van der Waals surface area contributed by atoms with Gasteiger partial charge in [0.15, 0.2) is 21.3 Å². The Morgan fingerprint density at radius 2 is 1.95 bits per heavy atom. The summed E-state index contributed by atoms with van der Waals surface area (Å²) in [5.41, 5.74) is -1.35. The minimum absolute atomic E-state index is 0.434. The first-order chi connectivity index (χ1) is 9.27. The Bertz CT molecular complexity index is 821. The number of aromatic nitrogens is 2. The number of carboxylic acids is 1. The second-order valence-electron chi connectivity index (χ2n) is 3.87. The van der Waals surface area contributed by atoms with Crippen molar-refractivity contribution in [1.82, 2.24) is 10.2 Å². The second kappa shape index (κ2) is 4.75. The van der Waals surface area contributed by atoms with Crippen LogP contribution in [-0.4, -0.2) is 35.4 Å². The summed E-state index contributed by atoms with van der Waals surface area (Å²) in [6.45, 7) is 1.28. The fourth-order valence-corrected chi connectivity index (χ4v) is 2.91. The molecule has 6 nitrogen and oxygen atoms in total. The molecule has 0 bridgehead atoms. The molecule has 0 saturated carbocycles. The van der Waals surface area contributed by atoms with Gasteiger partial charge in [-0.25, -0.2) is 22.0 Å². The van der Waals surface area contributed by atoms with Gasteiger partial charge in [0.1, 0.15) is 16.2 Å². The van der Waals surface area contributed by atoms with Gasteiger partial charge in [0.2, 0.25) is 0 Å². The molecule has 20 heavy (non-hydrogen) atoms. The quantitative estimate of drug-likeness (QED) is 0.920. The normalized spacial score (nSPS) is 11.8. The number of nitrogens with zero attached hydrogens (tertiary/aromatic N) is 2. The fraction of sp³-hybridized carbons (Fsp3) is 0.182. The monoisotopic (exact) mass is 302 g/mol. The Labute approximate surface area is 112 Å². The van der Waals surface area contributed by atoms with Gasteiger partial charge < -0.3 is 5.11 Å². The molecule has 0 unspecified atom stereocenters. The van der Waals surface area contributed by atoms with Crippen LogP contribution in [0.25, 0.3) is 10.9 Å². The largest absolute Gasteiger partial charge is 0.476 e. The van der Waals surface area contributed by atoms with Crippen LogP contribution in [0.4, 0.5) is 8.78 Å². The lowest BCUT2D eigenvalue weighted by atomic mass is 10.2. The van der Waals surface area contributed by atoms with Gasteiger partial charge in [-0.05, 0) is 6.07 Å². The van der Waals surface area contributed by atoms with Crippen LogP contribution in [0.15, 0.2) is 17.0 Å². The van der Waals surface area contributed by atoms with Crippen molar-refractivity contribution in [2.45, 2.75) is 11.8 Å². The average molecular weight is 302 g/mol. The number of aromatic carboxylic acids is 1. The number of fused-ring (bicyclic) bond motifs is 1. The van der Waals surface area contributed by atoms with Crippen LogP contribution in [-0.2, 0) is 9.84 Å². The molecule has 0 aliphatic carbocycles. The summed E-state index contributed by atoms with van der Waals surface area (Å²) < 4.78 is 50.8. The molecule has 0 fully saturated rings. The van der Waals surface area contributed by atoms with Gasteiger partial charge in [-0.1, -0.05) is 6.92 Å². The number of sulfone groups is 1. The number of hydrogen-bond acceptors (Lipinski definition) is 5. The SMILES string of the molecule is CCS(=O)(=O)c1c(C(=O)O)nnc2c(F)cc(F)cc12. The van der Waals surface area contributed by atoms with E-state index in [0.29, 0.717) is 6.07 Å². The molecule has 0 radical (unpaired) electrons. The van der Waals surface area contributed by atoms with E-state index in [-0.39, 0.29) is 0 Å². The number of hydrogen-bond donors (Lipinski definition) is 1. The number of carboxylic acid groups (broad SMARTS) is 1. The van der Waals surface area contributed by atoms with Crippen molar-refractivity contribution >= 4 is 26.7 Å². The Balaban J connectivity index is 3.06. The van der Waals surface area contributed by atoms with E-state index >= 15 is 0 Å². The average Bonchev–Trinajstić information content (AvgIpc) is 2.36. The van der Waals surface area contributed by atoms with Gasteiger partial charge in [0.25, 0.3) is 0 Å².